The zero-order valence-electron chi connectivity index (χ0n) is 10.2. The average molecular weight is 334 g/mol. The van der Waals surface area contributed by atoms with Crippen LogP contribution in [0.3, 0.4) is 0 Å². The molecule has 1 aromatic carbocycles. The van der Waals surface area contributed by atoms with E-state index >= 15 is 0 Å². The minimum Gasteiger partial charge on any atom is -0.377 e. The third-order valence-electron chi connectivity index (χ3n) is 2.99. The molecule has 0 aromatic heterocycles. The summed E-state index contributed by atoms with van der Waals surface area (Å²) in [5.41, 5.74) is 0. The highest BCUT2D eigenvalue weighted by atomic mass is 79.9. The molecule has 0 aliphatic carbocycles. The van der Waals surface area contributed by atoms with Gasteiger partial charge in [0.15, 0.2) is 0 Å². The number of halogens is 1. The predicted molar refractivity (Wildman–Crippen MR) is 72.9 cm³/mol. The summed E-state index contributed by atoms with van der Waals surface area (Å²) in [6.07, 6.45) is 1.96. The van der Waals surface area contributed by atoms with Crippen LogP contribution in [0.1, 0.15) is 12.8 Å². The monoisotopic (exact) mass is 333 g/mol. The van der Waals surface area contributed by atoms with Gasteiger partial charge in [0.05, 0.1) is 11.0 Å². The molecule has 4 nitrogen and oxygen atoms in total. The lowest BCUT2D eigenvalue weighted by Gasteiger charge is -2.20. The molecule has 0 saturated carbocycles. The van der Waals surface area contributed by atoms with Crippen LogP contribution in [0.5, 0.6) is 0 Å². The van der Waals surface area contributed by atoms with Gasteiger partial charge in [0.1, 0.15) is 0 Å². The zero-order valence-corrected chi connectivity index (χ0v) is 12.6. The van der Waals surface area contributed by atoms with Gasteiger partial charge in [-0.25, -0.2) is 8.42 Å². The number of likely N-dealkylation sites (N-methyl/N-ethyl adjacent to an activating group) is 1. The van der Waals surface area contributed by atoms with Gasteiger partial charge in [0, 0.05) is 24.7 Å². The second-order valence-corrected chi connectivity index (χ2v) is 7.34. The Balaban J connectivity index is 2.14. The van der Waals surface area contributed by atoms with Crippen LogP contribution >= 0.6 is 15.9 Å². The Bertz CT molecular complexity index is 512. The second kappa shape index (κ2) is 5.69. The van der Waals surface area contributed by atoms with Gasteiger partial charge in [-0.2, -0.15) is 4.31 Å². The van der Waals surface area contributed by atoms with Crippen molar-refractivity contribution < 1.29 is 13.2 Å². The van der Waals surface area contributed by atoms with E-state index in [2.05, 4.69) is 15.9 Å². The topological polar surface area (TPSA) is 46.6 Å². The van der Waals surface area contributed by atoms with Crippen LogP contribution in [0.25, 0.3) is 0 Å². The molecule has 0 radical (unpaired) electrons. The number of hydrogen-bond acceptors (Lipinski definition) is 3. The molecule has 18 heavy (non-hydrogen) atoms. The maximum atomic E-state index is 12.3. The van der Waals surface area contributed by atoms with Crippen molar-refractivity contribution in [3.05, 3.63) is 28.7 Å². The summed E-state index contributed by atoms with van der Waals surface area (Å²) in [6, 6.07) is 6.74. The van der Waals surface area contributed by atoms with Gasteiger partial charge in [-0.05, 0) is 31.0 Å². The normalized spacial score (nSPS) is 20.5. The summed E-state index contributed by atoms with van der Waals surface area (Å²) >= 11 is 3.28. The van der Waals surface area contributed by atoms with E-state index in [-0.39, 0.29) is 6.10 Å². The maximum Gasteiger partial charge on any atom is 0.242 e. The van der Waals surface area contributed by atoms with Crippen LogP contribution in [0.4, 0.5) is 0 Å². The quantitative estimate of drug-likeness (QED) is 0.848. The van der Waals surface area contributed by atoms with Gasteiger partial charge in [-0.3, -0.25) is 0 Å². The SMILES string of the molecule is CN(CC1CCCO1)S(=O)(=O)c1cccc(Br)c1. The van der Waals surface area contributed by atoms with Crippen molar-refractivity contribution in [3.8, 4) is 0 Å². The van der Waals surface area contributed by atoms with Gasteiger partial charge in [-0.1, -0.05) is 22.0 Å². The van der Waals surface area contributed by atoms with Crippen LogP contribution in [0, 0.1) is 0 Å². The van der Waals surface area contributed by atoms with Gasteiger partial charge in [0.25, 0.3) is 0 Å². The summed E-state index contributed by atoms with van der Waals surface area (Å²) in [4.78, 5) is 0.303. The Morgan fingerprint density at radius 1 is 1.50 bits per heavy atom. The molecule has 1 atom stereocenters. The molecular weight excluding hydrogens is 318 g/mol. The van der Waals surface area contributed by atoms with E-state index in [0.717, 1.165) is 23.9 Å². The number of hydrogen-bond donors (Lipinski definition) is 0. The third-order valence-corrected chi connectivity index (χ3v) is 5.30. The van der Waals surface area contributed by atoms with E-state index in [0.29, 0.717) is 11.4 Å². The molecule has 1 aliphatic heterocycles. The molecule has 1 unspecified atom stereocenters. The van der Waals surface area contributed by atoms with E-state index in [4.69, 9.17) is 4.74 Å². The van der Waals surface area contributed by atoms with Crippen molar-refractivity contribution in [2.24, 2.45) is 0 Å². The standard InChI is InChI=1S/C12H16BrNO3S/c1-14(9-11-5-3-7-17-11)18(15,16)12-6-2-4-10(13)8-12/h2,4,6,8,11H,3,5,7,9H2,1H3. The minimum atomic E-state index is -3.43. The van der Waals surface area contributed by atoms with E-state index in [1.54, 1.807) is 31.3 Å². The lowest BCUT2D eigenvalue weighted by Crippen LogP contribution is -2.34. The fourth-order valence-electron chi connectivity index (χ4n) is 1.98. The molecule has 0 bridgehead atoms. The summed E-state index contributed by atoms with van der Waals surface area (Å²) in [5.74, 6) is 0. The Kier molecular flexibility index (Phi) is 4.42. The fourth-order valence-corrected chi connectivity index (χ4v) is 3.78. The zero-order chi connectivity index (χ0) is 13.2. The molecule has 1 saturated heterocycles. The lowest BCUT2D eigenvalue weighted by atomic mass is 10.2. The first kappa shape index (κ1) is 14.0. The summed E-state index contributed by atoms with van der Waals surface area (Å²) in [5, 5.41) is 0. The van der Waals surface area contributed by atoms with Gasteiger partial charge >= 0.3 is 0 Å². The third kappa shape index (κ3) is 3.12. The van der Waals surface area contributed by atoms with E-state index in [1.807, 2.05) is 0 Å². The van der Waals surface area contributed by atoms with Gasteiger partial charge in [0.2, 0.25) is 10.0 Å². The molecule has 1 aromatic rings. The molecule has 6 heteroatoms. The highest BCUT2D eigenvalue weighted by molar-refractivity contribution is 9.10. The van der Waals surface area contributed by atoms with Crippen molar-refractivity contribution in [1.29, 1.82) is 0 Å². The molecular formula is C12H16BrNO3S. The molecule has 1 heterocycles. The molecule has 1 fully saturated rings. The van der Waals surface area contributed by atoms with Crippen molar-refractivity contribution in [3.63, 3.8) is 0 Å². The molecule has 100 valence electrons. The lowest BCUT2D eigenvalue weighted by molar-refractivity contribution is 0.0979. The molecule has 0 spiro atoms. The smallest absolute Gasteiger partial charge is 0.242 e. The Morgan fingerprint density at radius 3 is 2.89 bits per heavy atom. The molecule has 2 rings (SSSR count). The van der Waals surface area contributed by atoms with Crippen molar-refractivity contribution in [2.45, 2.75) is 23.8 Å². The summed E-state index contributed by atoms with van der Waals surface area (Å²) < 4.78 is 32.2. The van der Waals surface area contributed by atoms with Crippen LogP contribution in [0.15, 0.2) is 33.6 Å². The van der Waals surface area contributed by atoms with Crippen LogP contribution in [0.2, 0.25) is 0 Å². The number of nitrogens with zero attached hydrogens (tertiary/aromatic N) is 1. The van der Waals surface area contributed by atoms with E-state index in [1.165, 1.54) is 4.31 Å². The van der Waals surface area contributed by atoms with Crippen LogP contribution in [-0.4, -0.2) is 39.0 Å². The largest absolute Gasteiger partial charge is 0.377 e. The second-order valence-electron chi connectivity index (χ2n) is 4.38. The first-order valence-corrected chi connectivity index (χ1v) is 8.07. The van der Waals surface area contributed by atoms with Crippen molar-refractivity contribution >= 4 is 26.0 Å². The number of rotatable bonds is 4. The van der Waals surface area contributed by atoms with Crippen LogP contribution in [-0.2, 0) is 14.8 Å². The van der Waals surface area contributed by atoms with E-state index in [9.17, 15) is 8.42 Å². The van der Waals surface area contributed by atoms with Crippen molar-refractivity contribution in [1.82, 2.24) is 4.31 Å². The summed E-state index contributed by atoms with van der Waals surface area (Å²) in [7, 11) is -1.83. The summed E-state index contributed by atoms with van der Waals surface area (Å²) in [6.45, 7) is 1.14. The van der Waals surface area contributed by atoms with Gasteiger partial charge in [-0.15, -0.1) is 0 Å². The van der Waals surface area contributed by atoms with Crippen molar-refractivity contribution in [2.75, 3.05) is 20.2 Å². The Labute approximate surface area is 116 Å². The van der Waals surface area contributed by atoms with Crippen LogP contribution < -0.4 is 0 Å². The average Bonchev–Trinajstić information content (AvgIpc) is 2.81. The highest BCUT2D eigenvalue weighted by Gasteiger charge is 2.25. The first-order chi connectivity index (χ1) is 8.50. The molecule has 1 aliphatic rings. The van der Waals surface area contributed by atoms with E-state index < -0.39 is 10.0 Å². The molecule has 0 N–H and O–H groups in total. The number of ether oxygens (including phenoxy) is 1. The molecule has 0 amide bonds. The fraction of sp³-hybridized carbons (Fsp3) is 0.500. The predicted octanol–water partition coefficient (Wildman–Crippen LogP) is 2.25. The number of sulfonamides is 1. The first-order valence-electron chi connectivity index (χ1n) is 5.83. The maximum absolute atomic E-state index is 12.3. The highest BCUT2D eigenvalue weighted by Crippen LogP contribution is 2.21. The number of benzene rings is 1. The Hall–Kier alpha value is -0.430. The minimum absolute atomic E-state index is 0.0249. The Morgan fingerprint density at radius 2 is 2.28 bits per heavy atom. The van der Waals surface area contributed by atoms with Gasteiger partial charge < -0.3 is 4.74 Å².